The van der Waals surface area contributed by atoms with Crippen LogP contribution in [0, 0.1) is 5.92 Å². The summed E-state index contributed by atoms with van der Waals surface area (Å²) >= 11 is 3.21. The van der Waals surface area contributed by atoms with E-state index in [1.165, 1.54) is 7.11 Å². The van der Waals surface area contributed by atoms with E-state index >= 15 is 0 Å². The number of fused-ring (bicyclic) bond motifs is 1. The Morgan fingerprint density at radius 2 is 2.37 bits per heavy atom. The summed E-state index contributed by atoms with van der Waals surface area (Å²) in [5, 5.41) is 2.63. The number of anilines is 1. The molecule has 1 aliphatic heterocycles. The number of carbonyl (C=O) groups excluding carboxylic acids is 2. The second-order valence-electron chi connectivity index (χ2n) is 4.05. The van der Waals surface area contributed by atoms with Gasteiger partial charge in [-0.2, -0.15) is 0 Å². The van der Waals surface area contributed by atoms with E-state index in [0.29, 0.717) is 22.6 Å². The number of aromatic nitrogens is 1. The van der Waals surface area contributed by atoms with E-state index in [-0.39, 0.29) is 0 Å². The molecule has 1 aromatic rings. The summed E-state index contributed by atoms with van der Waals surface area (Å²) in [4.78, 5) is 27.7. The number of hydrogen-bond acceptors (Lipinski definition) is 5. The van der Waals surface area contributed by atoms with Crippen molar-refractivity contribution in [2.24, 2.45) is 5.92 Å². The Hall–Kier alpha value is -1.63. The van der Waals surface area contributed by atoms with E-state index in [9.17, 15) is 9.59 Å². The third kappa shape index (κ3) is 2.70. The average molecular weight is 329 g/mol. The SMILES string of the molecule is CCC(C(=O)OC)C1Oc2ccc(Br)nc2NC1=O. The van der Waals surface area contributed by atoms with E-state index in [0.717, 1.165) is 0 Å². The van der Waals surface area contributed by atoms with Crippen molar-refractivity contribution in [1.82, 2.24) is 4.98 Å². The molecule has 1 aromatic heterocycles. The minimum Gasteiger partial charge on any atom is -0.476 e. The lowest BCUT2D eigenvalue weighted by Gasteiger charge is -2.29. The number of methoxy groups -OCH3 is 1. The number of nitrogens with one attached hydrogen (secondary N) is 1. The number of halogens is 1. The van der Waals surface area contributed by atoms with E-state index < -0.39 is 23.9 Å². The Bertz CT molecular complexity index is 520. The first-order valence-electron chi connectivity index (χ1n) is 5.78. The lowest BCUT2D eigenvalue weighted by atomic mass is 9.98. The van der Waals surface area contributed by atoms with E-state index in [2.05, 4.69) is 31.0 Å². The molecule has 1 N–H and O–H groups in total. The molecule has 0 bridgehead atoms. The Kier molecular flexibility index (Phi) is 4.04. The highest BCUT2D eigenvalue weighted by Gasteiger charge is 2.39. The zero-order valence-corrected chi connectivity index (χ0v) is 12.1. The molecule has 0 saturated heterocycles. The maximum Gasteiger partial charge on any atom is 0.312 e. The number of hydrogen-bond donors (Lipinski definition) is 1. The van der Waals surface area contributed by atoms with Gasteiger partial charge in [0.25, 0.3) is 5.91 Å². The Labute approximate surface area is 118 Å². The molecule has 1 amide bonds. The van der Waals surface area contributed by atoms with Crippen LogP contribution in [0.15, 0.2) is 16.7 Å². The summed E-state index contributed by atoms with van der Waals surface area (Å²) in [7, 11) is 1.29. The average Bonchev–Trinajstić information content (AvgIpc) is 2.40. The Balaban J connectivity index is 2.28. The van der Waals surface area contributed by atoms with Crippen molar-refractivity contribution < 1.29 is 19.1 Å². The normalized spacial score (nSPS) is 18.9. The first-order valence-corrected chi connectivity index (χ1v) is 6.58. The molecule has 0 radical (unpaired) electrons. The topological polar surface area (TPSA) is 77.5 Å². The van der Waals surface area contributed by atoms with Gasteiger partial charge < -0.3 is 14.8 Å². The lowest BCUT2D eigenvalue weighted by Crippen LogP contribution is -2.45. The summed E-state index contributed by atoms with van der Waals surface area (Å²) < 4.78 is 10.9. The van der Waals surface area contributed by atoms with Gasteiger partial charge in [0, 0.05) is 0 Å². The third-order valence-corrected chi connectivity index (χ3v) is 3.33. The van der Waals surface area contributed by atoms with E-state index in [4.69, 9.17) is 4.74 Å². The van der Waals surface area contributed by atoms with Gasteiger partial charge >= 0.3 is 5.97 Å². The number of esters is 1. The molecule has 2 atom stereocenters. The monoisotopic (exact) mass is 328 g/mol. The number of rotatable bonds is 3. The quantitative estimate of drug-likeness (QED) is 0.675. The molecule has 0 aliphatic carbocycles. The fourth-order valence-electron chi connectivity index (χ4n) is 1.91. The molecule has 2 rings (SSSR count). The van der Waals surface area contributed by atoms with Gasteiger partial charge in [-0.05, 0) is 34.5 Å². The van der Waals surface area contributed by atoms with Crippen molar-refractivity contribution in [3.05, 3.63) is 16.7 Å². The predicted molar refractivity (Wildman–Crippen MR) is 70.8 cm³/mol. The highest BCUT2D eigenvalue weighted by molar-refractivity contribution is 9.10. The summed E-state index contributed by atoms with van der Waals surface area (Å²) in [5.41, 5.74) is 0. The molecular weight excluding hydrogens is 316 g/mol. The fourth-order valence-corrected chi connectivity index (χ4v) is 2.22. The van der Waals surface area contributed by atoms with Gasteiger partial charge in [-0.25, -0.2) is 4.98 Å². The number of carbonyl (C=O) groups is 2. The van der Waals surface area contributed by atoms with Gasteiger partial charge in [0.1, 0.15) is 10.5 Å². The molecule has 2 unspecified atom stereocenters. The number of nitrogens with zero attached hydrogens (tertiary/aromatic N) is 1. The fraction of sp³-hybridized carbons (Fsp3) is 0.417. The molecule has 0 aromatic carbocycles. The molecule has 0 saturated carbocycles. The first kappa shape index (κ1) is 13.8. The van der Waals surface area contributed by atoms with Gasteiger partial charge in [0.05, 0.1) is 7.11 Å². The largest absolute Gasteiger partial charge is 0.476 e. The van der Waals surface area contributed by atoms with Crippen LogP contribution in [0.25, 0.3) is 0 Å². The maximum absolute atomic E-state index is 12.0. The van der Waals surface area contributed by atoms with Gasteiger partial charge in [-0.3, -0.25) is 9.59 Å². The van der Waals surface area contributed by atoms with Crippen molar-refractivity contribution in [2.45, 2.75) is 19.4 Å². The zero-order chi connectivity index (χ0) is 14.0. The van der Waals surface area contributed by atoms with Crippen LogP contribution in [0.2, 0.25) is 0 Å². The minimum absolute atomic E-state index is 0.343. The molecule has 7 heteroatoms. The zero-order valence-electron chi connectivity index (χ0n) is 10.5. The molecule has 0 fully saturated rings. The van der Waals surface area contributed by atoms with Crippen molar-refractivity contribution in [1.29, 1.82) is 0 Å². The van der Waals surface area contributed by atoms with Crippen LogP contribution >= 0.6 is 15.9 Å². The first-order chi connectivity index (χ1) is 9.06. The Morgan fingerprint density at radius 1 is 1.63 bits per heavy atom. The standard InChI is InChI=1S/C12H13BrN2O4/c1-3-6(12(17)18-2)9-11(16)15-10-7(19-9)4-5-8(13)14-10/h4-6,9H,3H2,1-2H3,(H,14,15,16). The molecular formula is C12H13BrN2O4. The van der Waals surface area contributed by atoms with Crippen molar-refractivity contribution >= 4 is 33.6 Å². The highest BCUT2D eigenvalue weighted by Crippen LogP contribution is 2.32. The molecule has 19 heavy (non-hydrogen) atoms. The third-order valence-electron chi connectivity index (χ3n) is 2.89. The predicted octanol–water partition coefficient (Wildman–Crippen LogP) is 1.74. The van der Waals surface area contributed by atoms with Crippen LogP contribution in [0.1, 0.15) is 13.3 Å². The second kappa shape index (κ2) is 5.56. The number of amides is 1. The number of ether oxygens (including phenoxy) is 2. The summed E-state index contributed by atoms with van der Waals surface area (Å²) in [6, 6.07) is 3.38. The second-order valence-corrected chi connectivity index (χ2v) is 4.86. The summed E-state index contributed by atoms with van der Waals surface area (Å²) in [5.74, 6) is -0.709. The van der Waals surface area contributed by atoms with E-state index in [1.807, 2.05) is 0 Å². The molecule has 2 heterocycles. The Morgan fingerprint density at radius 3 is 3.00 bits per heavy atom. The van der Waals surface area contributed by atoms with Gasteiger partial charge in [-0.1, -0.05) is 6.92 Å². The smallest absolute Gasteiger partial charge is 0.312 e. The molecule has 6 nitrogen and oxygen atoms in total. The van der Waals surface area contributed by atoms with Gasteiger partial charge in [-0.15, -0.1) is 0 Å². The molecule has 0 spiro atoms. The lowest BCUT2D eigenvalue weighted by molar-refractivity contribution is -0.152. The van der Waals surface area contributed by atoms with Crippen molar-refractivity contribution in [3.8, 4) is 5.75 Å². The van der Waals surface area contributed by atoms with Crippen LogP contribution < -0.4 is 10.1 Å². The highest BCUT2D eigenvalue weighted by atomic mass is 79.9. The van der Waals surface area contributed by atoms with Crippen molar-refractivity contribution in [3.63, 3.8) is 0 Å². The van der Waals surface area contributed by atoms with E-state index in [1.54, 1.807) is 19.1 Å². The maximum atomic E-state index is 12.0. The van der Waals surface area contributed by atoms with Crippen LogP contribution in [-0.2, 0) is 14.3 Å². The van der Waals surface area contributed by atoms with Crippen LogP contribution in [0.3, 0.4) is 0 Å². The van der Waals surface area contributed by atoms with Crippen LogP contribution in [-0.4, -0.2) is 30.1 Å². The summed E-state index contributed by atoms with van der Waals surface area (Å²) in [6.45, 7) is 1.80. The van der Waals surface area contributed by atoms with Gasteiger partial charge in [0.15, 0.2) is 17.7 Å². The minimum atomic E-state index is -0.895. The van der Waals surface area contributed by atoms with Crippen molar-refractivity contribution in [2.75, 3.05) is 12.4 Å². The van der Waals surface area contributed by atoms with Crippen LogP contribution in [0.4, 0.5) is 5.82 Å². The summed E-state index contributed by atoms with van der Waals surface area (Å²) in [6.07, 6.45) is -0.447. The molecule has 102 valence electrons. The molecule has 1 aliphatic rings. The number of pyridine rings is 1. The van der Waals surface area contributed by atoms with Crippen LogP contribution in [0.5, 0.6) is 5.75 Å². The van der Waals surface area contributed by atoms with Gasteiger partial charge in [0.2, 0.25) is 0 Å².